The monoisotopic (exact) mass is 347 g/mol. The third kappa shape index (κ3) is 3.39. The second-order valence-corrected chi connectivity index (χ2v) is 6.75. The van der Waals surface area contributed by atoms with Gasteiger partial charge in [0.15, 0.2) is 0 Å². The van der Waals surface area contributed by atoms with E-state index in [0.717, 1.165) is 17.5 Å². The molecule has 0 bridgehead atoms. The molecule has 0 fully saturated rings. The van der Waals surface area contributed by atoms with Gasteiger partial charge in [-0.25, -0.2) is 14.3 Å². The van der Waals surface area contributed by atoms with Gasteiger partial charge in [0.25, 0.3) is 0 Å². The Morgan fingerprint density at radius 3 is 2.67 bits per heavy atom. The first kappa shape index (κ1) is 16.8. The number of hydrogen-bond acceptors (Lipinski definition) is 5. The maximum atomic E-state index is 13.2. The fraction of sp³-hybridized carbons (Fsp3) is 0.278. The standard InChI is InChI=1S/C18H18FNO3S/c1-18(2)10-15(11-3-6-13(19)7-4-11)14-8-5-12(9-16(14)22-18)17(21)23-24-20/h3-9,15H,10,20H2,1-2H3. The van der Waals surface area contributed by atoms with Gasteiger partial charge in [-0.3, -0.25) is 0 Å². The van der Waals surface area contributed by atoms with Gasteiger partial charge in [0.2, 0.25) is 0 Å². The molecule has 2 N–H and O–H groups in total. The Morgan fingerprint density at radius 2 is 2.00 bits per heavy atom. The van der Waals surface area contributed by atoms with E-state index >= 15 is 0 Å². The quantitative estimate of drug-likeness (QED) is 0.666. The second kappa shape index (κ2) is 6.45. The van der Waals surface area contributed by atoms with Gasteiger partial charge >= 0.3 is 5.97 Å². The third-order valence-electron chi connectivity index (χ3n) is 4.10. The molecule has 24 heavy (non-hydrogen) atoms. The number of halogens is 1. The summed E-state index contributed by atoms with van der Waals surface area (Å²) in [5.41, 5.74) is 1.96. The van der Waals surface area contributed by atoms with E-state index in [2.05, 4.69) is 0 Å². The van der Waals surface area contributed by atoms with E-state index in [1.54, 1.807) is 24.3 Å². The Labute approximate surface area is 144 Å². The minimum absolute atomic E-state index is 0.0679. The van der Waals surface area contributed by atoms with Gasteiger partial charge in [0, 0.05) is 11.5 Å². The number of carbonyl (C=O) groups excluding carboxylic acids is 1. The summed E-state index contributed by atoms with van der Waals surface area (Å²) in [6.07, 6.45) is 0.758. The molecule has 2 aromatic rings. The number of rotatable bonds is 3. The number of hydrogen-bond donors (Lipinski definition) is 1. The van der Waals surface area contributed by atoms with Crippen molar-refractivity contribution in [2.45, 2.75) is 31.8 Å². The number of benzene rings is 2. The van der Waals surface area contributed by atoms with Crippen LogP contribution >= 0.6 is 12.2 Å². The number of carbonyl (C=O) groups is 1. The Morgan fingerprint density at radius 1 is 1.29 bits per heavy atom. The van der Waals surface area contributed by atoms with E-state index in [0.29, 0.717) is 23.5 Å². The molecule has 0 spiro atoms. The van der Waals surface area contributed by atoms with Crippen LogP contribution in [0.25, 0.3) is 0 Å². The van der Waals surface area contributed by atoms with Crippen LogP contribution in [0.1, 0.15) is 47.7 Å². The Hall–Kier alpha value is -2.05. The van der Waals surface area contributed by atoms with E-state index < -0.39 is 11.6 Å². The number of ether oxygens (including phenoxy) is 1. The van der Waals surface area contributed by atoms with Gasteiger partial charge in [-0.05, 0) is 50.1 Å². The van der Waals surface area contributed by atoms with Crippen LogP contribution < -0.4 is 9.88 Å². The molecule has 2 aromatic carbocycles. The highest BCUT2D eigenvalue weighted by Crippen LogP contribution is 2.44. The molecule has 6 heteroatoms. The lowest BCUT2D eigenvalue weighted by Gasteiger charge is -2.38. The third-order valence-corrected chi connectivity index (χ3v) is 4.35. The molecule has 126 valence electrons. The molecule has 0 radical (unpaired) electrons. The summed E-state index contributed by atoms with van der Waals surface area (Å²) in [6, 6.07) is 11.7. The summed E-state index contributed by atoms with van der Waals surface area (Å²) < 4.78 is 24.0. The van der Waals surface area contributed by atoms with Crippen LogP contribution in [-0.2, 0) is 4.18 Å². The second-order valence-electron chi connectivity index (χ2n) is 6.39. The molecule has 1 aliphatic rings. The molecule has 3 rings (SSSR count). The zero-order valence-electron chi connectivity index (χ0n) is 13.4. The predicted molar refractivity (Wildman–Crippen MR) is 91.2 cm³/mol. The Bertz CT molecular complexity index is 761. The Balaban J connectivity index is 2.02. The van der Waals surface area contributed by atoms with Gasteiger partial charge in [0.1, 0.15) is 29.4 Å². The van der Waals surface area contributed by atoms with E-state index in [4.69, 9.17) is 14.1 Å². The molecule has 4 nitrogen and oxygen atoms in total. The summed E-state index contributed by atoms with van der Waals surface area (Å²) in [6.45, 7) is 3.99. The first-order valence-electron chi connectivity index (χ1n) is 7.56. The fourth-order valence-corrected chi connectivity index (χ4v) is 3.25. The van der Waals surface area contributed by atoms with Crippen molar-refractivity contribution < 1.29 is 18.1 Å². The van der Waals surface area contributed by atoms with Gasteiger partial charge in [-0.1, -0.05) is 18.2 Å². The lowest BCUT2D eigenvalue weighted by atomic mass is 9.80. The highest BCUT2D eigenvalue weighted by molar-refractivity contribution is 7.92. The topological polar surface area (TPSA) is 61.5 Å². The SMILES string of the molecule is CC1(C)CC(c2ccc(F)cc2)c2ccc(C(=O)OSN)cc2O1. The van der Waals surface area contributed by atoms with Crippen molar-refractivity contribution in [3.05, 3.63) is 65.0 Å². The van der Waals surface area contributed by atoms with Crippen LogP contribution in [0, 0.1) is 5.82 Å². The average Bonchev–Trinajstić information content (AvgIpc) is 2.53. The molecule has 0 aromatic heterocycles. The summed E-state index contributed by atoms with van der Waals surface area (Å²) in [4.78, 5) is 11.9. The van der Waals surface area contributed by atoms with Gasteiger partial charge in [-0.2, -0.15) is 0 Å². The zero-order valence-corrected chi connectivity index (χ0v) is 14.2. The van der Waals surface area contributed by atoms with Crippen LogP contribution in [0.2, 0.25) is 0 Å². The molecule has 1 aliphatic heterocycles. The van der Waals surface area contributed by atoms with E-state index in [1.807, 2.05) is 19.9 Å². The molecule has 1 heterocycles. The van der Waals surface area contributed by atoms with Crippen molar-refractivity contribution in [2.75, 3.05) is 0 Å². The number of nitrogens with two attached hydrogens (primary N) is 1. The average molecular weight is 347 g/mol. The van der Waals surface area contributed by atoms with Crippen molar-refractivity contribution in [1.82, 2.24) is 0 Å². The summed E-state index contributed by atoms with van der Waals surface area (Å²) >= 11 is 0.515. The van der Waals surface area contributed by atoms with Crippen LogP contribution in [0.3, 0.4) is 0 Å². The summed E-state index contributed by atoms with van der Waals surface area (Å²) in [5, 5.41) is 5.17. The van der Waals surface area contributed by atoms with Gasteiger partial charge in [0.05, 0.1) is 5.56 Å². The zero-order chi connectivity index (χ0) is 17.3. The summed E-state index contributed by atoms with van der Waals surface area (Å²) in [7, 11) is 0. The van der Waals surface area contributed by atoms with Crippen molar-refractivity contribution in [3.8, 4) is 5.75 Å². The minimum atomic E-state index is -0.518. The lowest BCUT2D eigenvalue weighted by molar-refractivity contribution is 0.0733. The summed E-state index contributed by atoms with van der Waals surface area (Å²) in [5.74, 6) is -0.0753. The molecule has 0 saturated heterocycles. The maximum Gasteiger partial charge on any atom is 0.351 e. The molecular formula is C18H18FNO3S. The Kier molecular flexibility index (Phi) is 4.51. The van der Waals surface area contributed by atoms with Crippen LogP contribution in [0.4, 0.5) is 4.39 Å². The maximum absolute atomic E-state index is 13.2. The van der Waals surface area contributed by atoms with Crippen LogP contribution in [0.5, 0.6) is 5.75 Å². The molecular weight excluding hydrogens is 329 g/mol. The van der Waals surface area contributed by atoms with Crippen molar-refractivity contribution >= 4 is 18.2 Å². The van der Waals surface area contributed by atoms with E-state index in [-0.39, 0.29) is 11.7 Å². The van der Waals surface area contributed by atoms with Crippen molar-refractivity contribution in [1.29, 1.82) is 0 Å². The fourth-order valence-electron chi connectivity index (χ4n) is 3.06. The smallest absolute Gasteiger partial charge is 0.351 e. The van der Waals surface area contributed by atoms with E-state index in [9.17, 15) is 9.18 Å². The molecule has 0 saturated carbocycles. The molecule has 1 atom stereocenters. The van der Waals surface area contributed by atoms with Gasteiger partial charge < -0.3 is 8.92 Å². The van der Waals surface area contributed by atoms with Gasteiger partial charge in [-0.15, -0.1) is 0 Å². The molecule has 0 amide bonds. The van der Waals surface area contributed by atoms with Crippen molar-refractivity contribution in [2.24, 2.45) is 5.14 Å². The number of fused-ring (bicyclic) bond motifs is 1. The lowest BCUT2D eigenvalue weighted by Crippen LogP contribution is -2.35. The normalized spacial score (nSPS) is 18.4. The molecule has 0 aliphatic carbocycles. The first-order valence-corrected chi connectivity index (χ1v) is 8.36. The van der Waals surface area contributed by atoms with Crippen molar-refractivity contribution in [3.63, 3.8) is 0 Å². The predicted octanol–water partition coefficient (Wildman–Crippen LogP) is 4.20. The largest absolute Gasteiger partial charge is 0.487 e. The highest BCUT2D eigenvalue weighted by Gasteiger charge is 2.35. The van der Waals surface area contributed by atoms with Crippen LogP contribution in [0.15, 0.2) is 42.5 Å². The minimum Gasteiger partial charge on any atom is -0.487 e. The first-order chi connectivity index (χ1) is 11.4. The van der Waals surface area contributed by atoms with Crippen LogP contribution in [-0.4, -0.2) is 11.6 Å². The highest BCUT2D eigenvalue weighted by atomic mass is 32.2. The van der Waals surface area contributed by atoms with E-state index in [1.165, 1.54) is 12.1 Å². The molecule has 1 unspecified atom stereocenters.